The van der Waals surface area contributed by atoms with E-state index in [1.54, 1.807) is 19.1 Å². The van der Waals surface area contributed by atoms with Crippen LogP contribution in [0.3, 0.4) is 0 Å². The lowest BCUT2D eigenvalue weighted by Crippen LogP contribution is -2.08. The van der Waals surface area contributed by atoms with E-state index in [9.17, 15) is 19.3 Å². The lowest BCUT2D eigenvalue weighted by Gasteiger charge is -2.08. The van der Waals surface area contributed by atoms with E-state index in [0.29, 0.717) is 10.3 Å². The third-order valence-corrected chi connectivity index (χ3v) is 4.70. The Balaban J connectivity index is 2.02. The van der Waals surface area contributed by atoms with E-state index in [-0.39, 0.29) is 29.2 Å². The van der Waals surface area contributed by atoms with Crippen molar-refractivity contribution in [3.05, 3.63) is 62.9 Å². The lowest BCUT2D eigenvalue weighted by molar-refractivity contribution is -0.390. The second-order valence-corrected chi connectivity index (χ2v) is 6.17. The summed E-state index contributed by atoms with van der Waals surface area (Å²) in [5.74, 6) is -1.62. The molecule has 0 aliphatic rings. The number of carbonyl (C=O) groups excluding carboxylic acids is 1. The number of rotatable bonds is 6. The maximum absolute atomic E-state index is 14.3. The van der Waals surface area contributed by atoms with Crippen molar-refractivity contribution in [1.82, 2.24) is 4.98 Å². The maximum Gasteiger partial charge on any atom is 0.406 e. The van der Waals surface area contributed by atoms with Crippen molar-refractivity contribution in [3.63, 3.8) is 0 Å². The van der Waals surface area contributed by atoms with Gasteiger partial charge >= 0.3 is 11.8 Å². The predicted molar refractivity (Wildman–Crippen MR) is 93.0 cm³/mol. The Hall–Kier alpha value is -3.07. The van der Waals surface area contributed by atoms with Crippen LogP contribution in [0, 0.1) is 15.9 Å². The van der Waals surface area contributed by atoms with Gasteiger partial charge in [-0.05, 0) is 41.1 Å². The maximum atomic E-state index is 14.3. The van der Waals surface area contributed by atoms with E-state index in [0.717, 1.165) is 11.3 Å². The van der Waals surface area contributed by atoms with Crippen LogP contribution in [0.25, 0.3) is 10.1 Å². The van der Waals surface area contributed by atoms with E-state index < -0.39 is 22.5 Å². The Morgan fingerprint density at radius 2 is 2.15 bits per heavy atom. The standard InChI is InChI=1S/C17H13FN2O5S/c1-2-24-17(21)15-10(14-11(18)5-3-7-13(14)26-15)9-25-12-6-4-8-19-16(12)20(22)23/h3-8H,2,9H2,1H3. The molecule has 0 N–H and O–H groups in total. The molecule has 0 unspecified atom stereocenters. The summed E-state index contributed by atoms with van der Waals surface area (Å²) in [6.45, 7) is 1.60. The molecule has 0 aliphatic heterocycles. The molecule has 0 amide bonds. The zero-order chi connectivity index (χ0) is 18.7. The second-order valence-electron chi connectivity index (χ2n) is 5.11. The number of pyridine rings is 1. The average molecular weight is 376 g/mol. The average Bonchev–Trinajstić information content (AvgIpc) is 3.00. The molecule has 0 saturated carbocycles. The SMILES string of the molecule is CCOC(=O)c1sc2cccc(F)c2c1COc1cccnc1[N+](=O)[O-]. The highest BCUT2D eigenvalue weighted by Crippen LogP contribution is 2.35. The number of hydrogen-bond acceptors (Lipinski definition) is 7. The van der Waals surface area contributed by atoms with E-state index in [4.69, 9.17) is 9.47 Å². The molecule has 134 valence electrons. The van der Waals surface area contributed by atoms with Crippen LogP contribution >= 0.6 is 11.3 Å². The summed E-state index contributed by atoms with van der Waals surface area (Å²) >= 11 is 1.09. The van der Waals surface area contributed by atoms with E-state index >= 15 is 0 Å². The van der Waals surface area contributed by atoms with Crippen LogP contribution < -0.4 is 4.74 Å². The second kappa shape index (κ2) is 7.44. The molecule has 0 saturated heterocycles. The Kier molecular flexibility index (Phi) is 5.08. The van der Waals surface area contributed by atoms with E-state index in [2.05, 4.69) is 4.98 Å². The zero-order valence-corrected chi connectivity index (χ0v) is 14.4. The Bertz CT molecular complexity index is 988. The van der Waals surface area contributed by atoms with Crippen molar-refractivity contribution in [2.45, 2.75) is 13.5 Å². The van der Waals surface area contributed by atoms with Crippen LogP contribution in [-0.4, -0.2) is 22.5 Å². The number of esters is 1. The van der Waals surface area contributed by atoms with Gasteiger partial charge in [-0.1, -0.05) is 6.07 Å². The number of benzene rings is 1. The minimum Gasteiger partial charge on any atom is -0.481 e. The highest BCUT2D eigenvalue weighted by molar-refractivity contribution is 7.21. The highest BCUT2D eigenvalue weighted by atomic mass is 32.1. The summed E-state index contributed by atoms with van der Waals surface area (Å²) < 4.78 is 25.4. The summed E-state index contributed by atoms with van der Waals surface area (Å²) in [6, 6.07) is 7.38. The van der Waals surface area contributed by atoms with Crippen molar-refractivity contribution in [2.24, 2.45) is 0 Å². The molecule has 3 aromatic rings. The number of aromatic nitrogens is 1. The summed E-state index contributed by atoms with van der Waals surface area (Å²) in [4.78, 5) is 26.5. The zero-order valence-electron chi connectivity index (χ0n) is 13.6. The Morgan fingerprint density at radius 3 is 2.88 bits per heavy atom. The largest absolute Gasteiger partial charge is 0.481 e. The molecular formula is C17H13FN2O5S. The van der Waals surface area contributed by atoms with Gasteiger partial charge < -0.3 is 19.6 Å². The molecule has 0 spiro atoms. The summed E-state index contributed by atoms with van der Waals surface area (Å²) in [5.41, 5.74) is 0.291. The number of nitro groups is 1. The molecule has 2 aromatic heterocycles. The van der Waals surface area contributed by atoms with Crippen LogP contribution in [0.4, 0.5) is 10.2 Å². The number of nitrogens with zero attached hydrogens (tertiary/aromatic N) is 2. The highest BCUT2D eigenvalue weighted by Gasteiger charge is 2.23. The normalized spacial score (nSPS) is 10.7. The fourth-order valence-corrected chi connectivity index (χ4v) is 3.56. The smallest absolute Gasteiger partial charge is 0.406 e. The molecule has 7 nitrogen and oxygen atoms in total. The minimum atomic E-state index is -0.673. The van der Waals surface area contributed by atoms with Crippen LogP contribution in [0.15, 0.2) is 36.5 Å². The molecule has 0 radical (unpaired) electrons. The number of ether oxygens (including phenoxy) is 2. The third kappa shape index (κ3) is 3.33. The summed E-state index contributed by atoms with van der Waals surface area (Å²) in [7, 11) is 0. The van der Waals surface area contributed by atoms with Gasteiger partial charge in [0.1, 0.15) is 23.5 Å². The van der Waals surface area contributed by atoms with Gasteiger partial charge in [0.2, 0.25) is 5.75 Å². The quantitative estimate of drug-likeness (QED) is 0.365. The number of halogens is 1. The van der Waals surface area contributed by atoms with Gasteiger partial charge in [0.05, 0.1) is 6.61 Å². The van der Waals surface area contributed by atoms with Crippen LogP contribution in [0.5, 0.6) is 5.75 Å². The predicted octanol–water partition coefficient (Wildman–Crippen LogP) is 4.10. The van der Waals surface area contributed by atoms with Crippen molar-refractivity contribution in [2.75, 3.05) is 6.61 Å². The van der Waals surface area contributed by atoms with Gasteiger partial charge in [-0.2, -0.15) is 0 Å². The first-order valence-electron chi connectivity index (χ1n) is 7.62. The fraction of sp³-hybridized carbons (Fsp3) is 0.176. The first-order valence-corrected chi connectivity index (χ1v) is 8.43. The first-order chi connectivity index (χ1) is 12.5. The van der Waals surface area contributed by atoms with E-state index in [1.165, 1.54) is 24.4 Å². The van der Waals surface area contributed by atoms with Gasteiger partial charge in [-0.3, -0.25) is 0 Å². The van der Waals surface area contributed by atoms with Crippen molar-refractivity contribution in [3.8, 4) is 5.75 Å². The lowest BCUT2D eigenvalue weighted by atomic mass is 10.1. The molecule has 0 atom stereocenters. The van der Waals surface area contributed by atoms with Crippen molar-refractivity contribution in [1.29, 1.82) is 0 Å². The monoisotopic (exact) mass is 376 g/mol. The number of carbonyl (C=O) groups is 1. The van der Waals surface area contributed by atoms with Gasteiger partial charge in [0.15, 0.2) is 0 Å². The van der Waals surface area contributed by atoms with Crippen molar-refractivity contribution < 1.29 is 23.6 Å². The Labute approximate surface area is 151 Å². The third-order valence-electron chi connectivity index (χ3n) is 3.52. The summed E-state index contributed by atoms with van der Waals surface area (Å²) in [5, 5.41) is 11.3. The first kappa shape index (κ1) is 17.7. The molecule has 0 fully saturated rings. The van der Waals surface area contributed by atoms with Crippen LogP contribution in [0.2, 0.25) is 0 Å². The number of thiophene rings is 1. The topological polar surface area (TPSA) is 91.6 Å². The van der Waals surface area contributed by atoms with Crippen molar-refractivity contribution >= 4 is 33.2 Å². The molecule has 1 aromatic carbocycles. The number of hydrogen-bond donors (Lipinski definition) is 0. The summed E-state index contributed by atoms with van der Waals surface area (Å²) in [6.07, 6.45) is 1.27. The molecule has 3 rings (SSSR count). The van der Waals surface area contributed by atoms with E-state index in [1.807, 2.05) is 0 Å². The molecular weight excluding hydrogens is 363 g/mol. The van der Waals surface area contributed by atoms with Crippen LogP contribution in [-0.2, 0) is 11.3 Å². The molecule has 26 heavy (non-hydrogen) atoms. The fourth-order valence-electron chi connectivity index (χ4n) is 2.45. The molecule has 9 heteroatoms. The van der Waals surface area contributed by atoms with Crippen LogP contribution in [0.1, 0.15) is 22.2 Å². The minimum absolute atomic E-state index is 0.0667. The van der Waals surface area contributed by atoms with Gasteiger partial charge in [-0.15, -0.1) is 11.3 Å². The number of fused-ring (bicyclic) bond motifs is 1. The molecule has 2 heterocycles. The van der Waals surface area contributed by atoms with Gasteiger partial charge in [0, 0.05) is 15.6 Å². The molecule has 0 aliphatic carbocycles. The van der Waals surface area contributed by atoms with Gasteiger partial charge in [-0.25, -0.2) is 9.18 Å². The Morgan fingerprint density at radius 1 is 1.35 bits per heavy atom. The molecule has 0 bridgehead atoms. The van der Waals surface area contributed by atoms with Gasteiger partial charge in [0.25, 0.3) is 0 Å².